The van der Waals surface area contributed by atoms with Crippen LogP contribution >= 0.6 is 11.8 Å². The lowest BCUT2D eigenvalue weighted by molar-refractivity contribution is -0.148. The average molecular weight is 413 g/mol. The molecule has 6 nitrogen and oxygen atoms in total. The quantitative estimate of drug-likeness (QED) is 0.553. The number of ether oxygens (including phenoxy) is 1. The highest BCUT2D eigenvalue weighted by Crippen LogP contribution is 2.35. The van der Waals surface area contributed by atoms with Crippen LogP contribution < -0.4 is 0 Å². The van der Waals surface area contributed by atoms with E-state index in [2.05, 4.69) is 41.4 Å². The van der Waals surface area contributed by atoms with Crippen molar-refractivity contribution in [2.24, 2.45) is 0 Å². The summed E-state index contributed by atoms with van der Waals surface area (Å²) >= 11 is 0.839. The molecule has 2 amide bonds. The van der Waals surface area contributed by atoms with Crippen molar-refractivity contribution in [3.63, 3.8) is 0 Å². The molecule has 7 heteroatoms. The molecule has 0 N–H and O–H groups in total. The fraction of sp³-hybridized carbons (Fsp3) is 0.318. The maximum Gasteiger partial charge on any atom is 0.328 e. The normalized spacial score (nSPS) is 16.6. The minimum Gasteiger partial charge on any atom is -0.467 e. The molecule has 1 aliphatic heterocycles. The monoisotopic (exact) mass is 412 g/mol. The number of hydrogen-bond acceptors (Lipinski definition) is 5. The number of aryl methyl sites for hydroxylation is 3. The average Bonchev–Trinajstić information content (AvgIpc) is 3.09. The molecule has 0 unspecified atom stereocenters. The number of rotatable bonds is 4. The highest BCUT2D eigenvalue weighted by molar-refractivity contribution is 8.18. The number of esters is 1. The Hall–Kier alpha value is -2.80. The lowest BCUT2D eigenvalue weighted by Gasteiger charge is -2.18. The Kier molecular flexibility index (Phi) is 5.71. The molecule has 0 spiro atoms. The third-order valence-electron chi connectivity index (χ3n) is 5.10. The van der Waals surface area contributed by atoms with Crippen molar-refractivity contribution in [2.75, 3.05) is 7.11 Å². The van der Waals surface area contributed by atoms with Crippen LogP contribution in [0.1, 0.15) is 35.0 Å². The first-order valence-corrected chi connectivity index (χ1v) is 10.1. The van der Waals surface area contributed by atoms with Crippen molar-refractivity contribution in [2.45, 2.75) is 40.7 Å². The van der Waals surface area contributed by atoms with E-state index in [1.54, 1.807) is 6.08 Å². The van der Waals surface area contributed by atoms with E-state index in [0.29, 0.717) is 4.91 Å². The SMILES string of the molecule is COC(=O)[C@@H](C)N1C(=O)S/C(=C/c2cc(C)n(-c3ccc(C)cc3C)c2C)C1=O. The number of methoxy groups -OCH3 is 1. The van der Waals surface area contributed by atoms with Gasteiger partial charge in [-0.05, 0) is 75.7 Å². The summed E-state index contributed by atoms with van der Waals surface area (Å²) in [5, 5.41) is -0.470. The molecule has 1 aliphatic rings. The van der Waals surface area contributed by atoms with Crippen LogP contribution in [-0.2, 0) is 14.3 Å². The lowest BCUT2D eigenvalue weighted by atomic mass is 10.1. The van der Waals surface area contributed by atoms with Crippen molar-refractivity contribution in [1.82, 2.24) is 9.47 Å². The molecule has 0 radical (unpaired) electrons. The molecule has 1 saturated heterocycles. The van der Waals surface area contributed by atoms with E-state index in [1.165, 1.54) is 19.6 Å². The van der Waals surface area contributed by atoms with Crippen LogP contribution in [0.5, 0.6) is 0 Å². The number of amides is 2. The largest absolute Gasteiger partial charge is 0.467 e. The number of hydrogen-bond donors (Lipinski definition) is 0. The van der Waals surface area contributed by atoms with Gasteiger partial charge in [-0.2, -0.15) is 0 Å². The maximum atomic E-state index is 12.7. The van der Waals surface area contributed by atoms with Gasteiger partial charge in [0.05, 0.1) is 12.0 Å². The van der Waals surface area contributed by atoms with Crippen LogP contribution in [0.2, 0.25) is 0 Å². The van der Waals surface area contributed by atoms with Crippen molar-refractivity contribution < 1.29 is 19.1 Å². The Balaban J connectivity index is 1.99. The van der Waals surface area contributed by atoms with Gasteiger partial charge in [-0.25, -0.2) is 4.79 Å². The van der Waals surface area contributed by atoms with Crippen molar-refractivity contribution >= 4 is 35.0 Å². The van der Waals surface area contributed by atoms with Gasteiger partial charge in [-0.1, -0.05) is 17.7 Å². The fourth-order valence-electron chi connectivity index (χ4n) is 3.59. The van der Waals surface area contributed by atoms with Crippen molar-refractivity contribution in [3.05, 3.63) is 57.2 Å². The molecule has 29 heavy (non-hydrogen) atoms. The summed E-state index contributed by atoms with van der Waals surface area (Å²) in [6.07, 6.45) is 1.72. The molecule has 152 valence electrons. The molecule has 0 aliphatic carbocycles. The molecule has 1 aromatic carbocycles. The van der Waals surface area contributed by atoms with Gasteiger partial charge in [-0.15, -0.1) is 0 Å². The highest BCUT2D eigenvalue weighted by atomic mass is 32.2. The van der Waals surface area contributed by atoms with Crippen LogP contribution in [0.25, 0.3) is 11.8 Å². The van der Waals surface area contributed by atoms with Crippen LogP contribution in [0, 0.1) is 27.7 Å². The number of carbonyl (C=O) groups excluding carboxylic acids is 3. The summed E-state index contributed by atoms with van der Waals surface area (Å²) in [5.74, 6) is -1.10. The van der Waals surface area contributed by atoms with Crippen LogP contribution in [0.3, 0.4) is 0 Å². The van der Waals surface area contributed by atoms with E-state index < -0.39 is 23.2 Å². The summed E-state index contributed by atoms with van der Waals surface area (Å²) < 4.78 is 6.81. The Morgan fingerprint density at radius 1 is 1.14 bits per heavy atom. The Morgan fingerprint density at radius 3 is 2.45 bits per heavy atom. The predicted octanol–water partition coefficient (Wildman–Crippen LogP) is 4.31. The molecule has 2 aromatic rings. The second-order valence-corrected chi connectivity index (χ2v) is 8.20. The number of carbonyl (C=O) groups is 3. The summed E-state index contributed by atoms with van der Waals surface area (Å²) in [7, 11) is 1.23. The maximum absolute atomic E-state index is 12.7. The van der Waals surface area contributed by atoms with E-state index in [4.69, 9.17) is 0 Å². The van der Waals surface area contributed by atoms with E-state index >= 15 is 0 Å². The van der Waals surface area contributed by atoms with Crippen molar-refractivity contribution in [3.8, 4) is 5.69 Å². The molecular weight excluding hydrogens is 388 g/mol. The Morgan fingerprint density at radius 2 is 1.83 bits per heavy atom. The molecule has 1 fully saturated rings. The summed E-state index contributed by atoms with van der Waals surface area (Å²) in [6, 6.07) is 7.32. The fourth-order valence-corrected chi connectivity index (χ4v) is 4.49. The van der Waals surface area contributed by atoms with Gasteiger partial charge in [0.15, 0.2) is 0 Å². The van der Waals surface area contributed by atoms with Gasteiger partial charge >= 0.3 is 5.97 Å². The smallest absolute Gasteiger partial charge is 0.328 e. The minimum atomic E-state index is -0.957. The second kappa shape index (κ2) is 7.91. The first-order valence-electron chi connectivity index (χ1n) is 9.27. The van der Waals surface area contributed by atoms with Gasteiger partial charge < -0.3 is 9.30 Å². The van der Waals surface area contributed by atoms with E-state index in [0.717, 1.165) is 44.9 Å². The predicted molar refractivity (Wildman–Crippen MR) is 114 cm³/mol. The Labute approximate surface area is 174 Å². The zero-order valence-electron chi connectivity index (χ0n) is 17.4. The molecule has 1 aromatic heterocycles. The van der Waals surface area contributed by atoms with E-state index in [1.807, 2.05) is 19.9 Å². The lowest BCUT2D eigenvalue weighted by Crippen LogP contribution is -2.42. The number of nitrogens with zero attached hydrogens (tertiary/aromatic N) is 2. The topological polar surface area (TPSA) is 68.6 Å². The number of aromatic nitrogens is 1. The Bertz CT molecular complexity index is 1050. The highest BCUT2D eigenvalue weighted by Gasteiger charge is 2.41. The van der Waals surface area contributed by atoms with Crippen LogP contribution in [-0.4, -0.2) is 39.7 Å². The van der Waals surface area contributed by atoms with Gasteiger partial charge in [-0.3, -0.25) is 14.5 Å². The first kappa shape index (κ1) is 20.9. The third-order valence-corrected chi connectivity index (χ3v) is 5.99. The van der Waals surface area contributed by atoms with Crippen LogP contribution in [0.15, 0.2) is 29.2 Å². The summed E-state index contributed by atoms with van der Waals surface area (Å²) in [6.45, 7) is 9.61. The summed E-state index contributed by atoms with van der Waals surface area (Å²) in [5.41, 5.74) is 6.30. The standard InChI is InChI=1S/C22H24N2O4S/c1-12-7-8-18(13(2)9-12)23-14(3)10-17(15(23)4)11-19-20(25)24(22(27)29-19)16(5)21(26)28-6/h7-11,16H,1-6H3/b19-11+/t16-/m1/s1. The minimum absolute atomic E-state index is 0.298. The number of thioether (sulfide) groups is 1. The third kappa shape index (κ3) is 3.74. The molecule has 0 bridgehead atoms. The van der Waals surface area contributed by atoms with Gasteiger partial charge in [0.2, 0.25) is 0 Å². The molecule has 2 heterocycles. The van der Waals surface area contributed by atoms with Crippen molar-refractivity contribution in [1.29, 1.82) is 0 Å². The summed E-state index contributed by atoms with van der Waals surface area (Å²) in [4.78, 5) is 38.1. The van der Waals surface area contributed by atoms with Gasteiger partial charge in [0.1, 0.15) is 6.04 Å². The zero-order chi connectivity index (χ0) is 21.5. The molecule has 1 atom stereocenters. The first-order chi connectivity index (χ1) is 13.6. The molecule has 3 rings (SSSR count). The van der Waals surface area contributed by atoms with Gasteiger partial charge in [0.25, 0.3) is 11.1 Å². The number of imide groups is 1. The molecule has 0 saturated carbocycles. The van der Waals surface area contributed by atoms with E-state index in [9.17, 15) is 14.4 Å². The van der Waals surface area contributed by atoms with E-state index in [-0.39, 0.29) is 0 Å². The molecular formula is C22H24N2O4S. The second-order valence-electron chi connectivity index (χ2n) is 7.20. The van der Waals surface area contributed by atoms with Crippen LogP contribution in [0.4, 0.5) is 4.79 Å². The number of benzene rings is 1. The zero-order valence-corrected chi connectivity index (χ0v) is 18.2. The van der Waals surface area contributed by atoms with Gasteiger partial charge in [0, 0.05) is 17.1 Å².